The molecule has 0 saturated heterocycles. The van der Waals surface area contributed by atoms with Crippen molar-refractivity contribution in [2.75, 3.05) is 27.3 Å². The molecule has 0 aliphatic rings. The van der Waals surface area contributed by atoms with E-state index in [1.165, 1.54) is 27.8 Å². The van der Waals surface area contributed by atoms with E-state index in [2.05, 4.69) is 39.1 Å². The van der Waals surface area contributed by atoms with Crippen LogP contribution in [0.25, 0.3) is 0 Å². The van der Waals surface area contributed by atoms with Gasteiger partial charge in [-0.15, -0.1) is 0 Å². The van der Waals surface area contributed by atoms with E-state index in [0.717, 1.165) is 13.2 Å². The number of hydrogen-bond acceptors (Lipinski definition) is 2. The molecule has 0 amide bonds. The molecule has 0 aliphatic carbocycles. The molecule has 2 heteroatoms. The lowest BCUT2D eigenvalue weighted by molar-refractivity contribution is 0.178. The van der Waals surface area contributed by atoms with Crippen molar-refractivity contribution in [1.29, 1.82) is 0 Å². The molecule has 0 bridgehead atoms. The van der Waals surface area contributed by atoms with Crippen molar-refractivity contribution in [1.82, 2.24) is 5.32 Å². The molecule has 0 heterocycles. The smallest absolute Gasteiger partial charge is 0.0543 e. The Morgan fingerprint density at radius 2 is 1.65 bits per heavy atom. The lowest BCUT2D eigenvalue weighted by atomic mass is 9.86. The topological polar surface area (TPSA) is 21.3 Å². The third-order valence-electron chi connectivity index (χ3n) is 3.65. The Labute approximate surface area is 105 Å². The number of likely N-dealkylation sites (N-methyl/N-ethyl adjacent to an activating group) is 1. The van der Waals surface area contributed by atoms with Crippen LogP contribution in [0.1, 0.15) is 33.7 Å². The molecular formula is C15H25NO. The quantitative estimate of drug-likeness (QED) is 0.847. The Hall–Kier alpha value is -0.860. The highest BCUT2D eigenvalue weighted by molar-refractivity contribution is 5.46. The summed E-state index contributed by atoms with van der Waals surface area (Å²) in [6.07, 6.45) is 0. The molecule has 2 nitrogen and oxygen atoms in total. The summed E-state index contributed by atoms with van der Waals surface area (Å²) in [5, 5.41) is 3.26. The van der Waals surface area contributed by atoms with Gasteiger partial charge < -0.3 is 10.1 Å². The van der Waals surface area contributed by atoms with Crippen molar-refractivity contribution >= 4 is 0 Å². The molecule has 1 aromatic rings. The van der Waals surface area contributed by atoms with Gasteiger partial charge in [0, 0.05) is 19.6 Å². The van der Waals surface area contributed by atoms with Gasteiger partial charge in [-0.2, -0.15) is 0 Å². The first-order chi connectivity index (χ1) is 8.02. The highest BCUT2D eigenvalue weighted by atomic mass is 16.5. The highest BCUT2D eigenvalue weighted by Crippen LogP contribution is 2.28. The zero-order valence-electron chi connectivity index (χ0n) is 12.0. The molecule has 1 unspecified atom stereocenters. The standard InChI is InChI=1S/C15H25NO/c1-10-7-11(2)13(4)15(12(10)3)14(8-16-5)9-17-6/h7,14,16H,8-9H2,1-6H3. The Kier molecular flexibility index (Phi) is 5.16. The Morgan fingerprint density at radius 1 is 1.12 bits per heavy atom. The van der Waals surface area contributed by atoms with Crippen molar-refractivity contribution in [3.05, 3.63) is 33.9 Å². The molecule has 0 fully saturated rings. The second-order valence-electron chi connectivity index (χ2n) is 4.88. The minimum Gasteiger partial charge on any atom is -0.384 e. The van der Waals surface area contributed by atoms with Crippen molar-refractivity contribution in [2.45, 2.75) is 33.6 Å². The molecule has 0 saturated carbocycles. The largest absolute Gasteiger partial charge is 0.384 e. The molecule has 0 radical (unpaired) electrons. The van der Waals surface area contributed by atoms with Gasteiger partial charge in [0.05, 0.1) is 6.61 Å². The fourth-order valence-corrected chi connectivity index (χ4v) is 2.55. The number of hydrogen-bond donors (Lipinski definition) is 1. The van der Waals surface area contributed by atoms with E-state index in [4.69, 9.17) is 4.74 Å². The molecule has 0 spiro atoms. The average Bonchev–Trinajstić information content (AvgIpc) is 2.27. The number of aryl methyl sites for hydroxylation is 2. The average molecular weight is 235 g/mol. The lowest BCUT2D eigenvalue weighted by Gasteiger charge is -2.23. The number of methoxy groups -OCH3 is 1. The highest BCUT2D eigenvalue weighted by Gasteiger charge is 2.18. The Morgan fingerprint density at radius 3 is 2.06 bits per heavy atom. The molecule has 0 aromatic heterocycles. The zero-order chi connectivity index (χ0) is 13.0. The molecule has 17 heavy (non-hydrogen) atoms. The summed E-state index contributed by atoms with van der Waals surface area (Å²) in [5.41, 5.74) is 7.02. The van der Waals surface area contributed by atoms with E-state index >= 15 is 0 Å². The van der Waals surface area contributed by atoms with E-state index in [0.29, 0.717) is 5.92 Å². The maximum Gasteiger partial charge on any atom is 0.0543 e. The predicted octanol–water partition coefficient (Wildman–Crippen LogP) is 2.87. The van der Waals surface area contributed by atoms with Crippen LogP contribution in [0.15, 0.2) is 6.07 Å². The van der Waals surface area contributed by atoms with Crippen LogP contribution in [-0.2, 0) is 4.74 Å². The Balaban J connectivity index is 3.25. The van der Waals surface area contributed by atoms with Gasteiger partial charge in [-0.25, -0.2) is 0 Å². The SMILES string of the molecule is CNCC(COC)c1c(C)c(C)cc(C)c1C. The third kappa shape index (κ3) is 3.08. The number of nitrogens with one attached hydrogen (secondary N) is 1. The van der Waals surface area contributed by atoms with Crippen LogP contribution in [0.3, 0.4) is 0 Å². The maximum atomic E-state index is 5.36. The predicted molar refractivity (Wildman–Crippen MR) is 73.9 cm³/mol. The van der Waals surface area contributed by atoms with Crippen molar-refractivity contribution in [2.24, 2.45) is 0 Å². The van der Waals surface area contributed by atoms with Crippen molar-refractivity contribution < 1.29 is 4.74 Å². The van der Waals surface area contributed by atoms with Crippen LogP contribution in [0.5, 0.6) is 0 Å². The molecule has 1 atom stereocenters. The van der Waals surface area contributed by atoms with Crippen LogP contribution in [0, 0.1) is 27.7 Å². The molecule has 96 valence electrons. The number of benzene rings is 1. The summed E-state index contributed by atoms with van der Waals surface area (Å²) in [4.78, 5) is 0. The first-order valence-corrected chi connectivity index (χ1v) is 6.23. The molecular weight excluding hydrogens is 210 g/mol. The number of rotatable bonds is 5. The van der Waals surface area contributed by atoms with Gasteiger partial charge in [-0.3, -0.25) is 0 Å². The first kappa shape index (κ1) is 14.2. The van der Waals surface area contributed by atoms with Crippen LogP contribution >= 0.6 is 0 Å². The third-order valence-corrected chi connectivity index (χ3v) is 3.65. The zero-order valence-corrected chi connectivity index (χ0v) is 12.0. The van der Waals surface area contributed by atoms with E-state index in [9.17, 15) is 0 Å². The van der Waals surface area contributed by atoms with Gasteiger partial charge in [0.2, 0.25) is 0 Å². The summed E-state index contributed by atoms with van der Waals surface area (Å²) in [7, 11) is 3.77. The maximum absolute atomic E-state index is 5.36. The monoisotopic (exact) mass is 235 g/mol. The van der Waals surface area contributed by atoms with Crippen LogP contribution in [0.4, 0.5) is 0 Å². The van der Waals surface area contributed by atoms with Crippen LogP contribution in [0.2, 0.25) is 0 Å². The number of ether oxygens (including phenoxy) is 1. The molecule has 1 rings (SSSR count). The normalized spacial score (nSPS) is 12.8. The Bertz CT molecular complexity index is 353. The summed E-state index contributed by atoms with van der Waals surface area (Å²) < 4.78 is 5.36. The van der Waals surface area contributed by atoms with Gasteiger partial charge in [0.25, 0.3) is 0 Å². The van der Waals surface area contributed by atoms with Gasteiger partial charge >= 0.3 is 0 Å². The van der Waals surface area contributed by atoms with E-state index in [-0.39, 0.29) is 0 Å². The first-order valence-electron chi connectivity index (χ1n) is 6.23. The van der Waals surface area contributed by atoms with Crippen LogP contribution in [-0.4, -0.2) is 27.3 Å². The lowest BCUT2D eigenvalue weighted by Crippen LogP contribution is -2.23. The molecule has 0 aliphatic heterocycles. The minimum absolute atomic E-state index is 0.434. The van der Waals surface area contributed by atoms with Gasteiger partial charge in [-0.1, -0.05) is 6.07 Å². The van der Waals surface area contributed by atoms with E-state index < -0.39 is 0 Å². The fourth-order valence-electron chi connectivity index (χ4n) is 2.55. The van der Waals surface area contributed by atoms with Crippen molar-refractivity contribution in [3.8, 4) is 0 Å². The van der Waals surface area contributed by atoms with Crippen LogP contribution < -0.4 is 5.32 Å². The van der Waals surface area contributed by atoms with Crippen molar-refractivity contribution in [3.63, 3.8) is 0 Å². The second-order valence-corrected chi connectivity index (χ2v) is 4.88. The summed E-state index contributed by atoms with van der Waals surface area (Å²) in [6.45, 7) is 10.5. The minimum atomic E-state index is 0.434. The van der Waals surface area contributed by atoms with E-state index in [1.807, 2.05) is 7.05 Å². The summed E-state index contributed by atoms with van der Waals surface area (Å²) in [6, 6.07) is 2.28. The summed E-state index contributed by atoms with van der Waals surface area (Å²) in [5.74, 6) is 0.434. The second kappa shape index (κ2) is 6.18. The van der Waals surface area contributed by atoms with Gasteiger partial charge in [0.15, 0.2) is 0 Å². The van der Waals surface area contributed by atoms with E-state index in [1.54, 1.807) is 7.11 Å². The molecule has 1 N–H and O–H groups in total. The van der Waals surface area contributed by atoms with Gasteiger partial charge in [0.1, 0.15) is 0 Å². The summed E-state index contributed by atoms with van der Waals surface area (Å²) >= 11 is 0. The van der Waals surface area contributed by atoms with Gasteiger partial charge in [-0.05, 0) is 62.6 Å². The fraction of sp³-hybridized carbons (Fsp3) is 0.600. The molecule has 1 aromatic carbocycles.